The van der Waals surface area contributed by atoms with Gasteiger partial charge in [-0.15, -0.1) is 0 Å². The van der Waals surface area contributed by atoms with Crippen molar-refractivity contribution >= 4 is 0 Å². The van der Waals surface area contributed by atoms with E-state index in [1.807, 2.05) is 0 Å². The van der Waals surface area contributed by atoms with Gasteiger partial charge in [-0.1, -0.05) is 36.4 Å². The predicted molar refractivity (Wildman–Crippen MR) is 65.1 cm³/mol. The lowest BCUT2D eigenvalue weighted by Gasteiger charge is -2.26. The molecule has 0 bridgehead atoms. The molecule has 1 aliphatic rings. The SMILES string of the molecule is Fc1ccc(-c2ccc(C3CCO3)cc2)cc1. The van der Waals surface area contributed by atoms with Crippen molar-refractivity contribution in [1.29, 1.82) is 0 Å². The van der Waals surface area contributed by atoms with Crippen LogP contribution in [0, 0.1) is 5.82 Å². The monoisotopic (exact) mass is 228 g/mol. The number of ether oxygens (including phenoxy) is 1. The number of halogens is 1. The van der Waals surface area contributed by atoms with Crippen LogP contribution < -0.4 is 0 Å². The highest BCUT2D eigenvalue weighted by molar-refractivity contribution is 5.63. The van der Waals surface area contributed by atoms with Gasteiger partial charge in [0.1, 0.15) is 5.82 Å². The van der Waals surface area contributed by atoms with Crippen LogP contribution in [0.1, 0.15) is 18.1 Å². The van der Waals surface area contributed by atoms with E-state index in [-0.39, 0.29) is 11.9 Å². The van der Waals surface area contributed by atoms with Gasteiger partial charge in [-0.3, -0.25) is 0 Å². The normalized spacial score (nSPS) is 18.8. The van der Waals surface area contributed by atoms with Gasteiger partial charge in [-0.2, -0.15) is 0 Å². The van der Waals surface area contributed by atoms with E-state index < -0.39 is 0 Å². The first-order chi connectivity index (χ1) is 8.33. The van der Waals surface area contributed by atoms with Crippen LogP contribution in [0.2, 0.25) is 0 Å². The van der Waals surface area contributed by atoms with Gasteiger partial charge in [0.15, 0.2) is 0 Å². The Balaban J connectivity index is 1.86. The standard InChI is InChI=1S/C15H13FO/c16-14-7-5-12(6-8-14)11-1-3-13(4-2-11)15-9-10-17-15/h1-8,15H,9-10H2. The molecule has 0 amide bonds. The third-order valence-corrected chi connectivity index (χ3v) is 3.16. The van der Waals surface area contributed by atoms with Gasteiger partial charge in [-0.25, -0.2) is 4.39 Å². The van der Waals surface area contributed by atoms with Gasteiger partial charge in [0, 0.05) is 6.42 Å². The van der Waals surface area contributed by atoms with Crippen LogP contribution >= 0.6 is 0 Å². The highest BCUT2D eigenvalue weighted by Crippen LogP contribution is 2.30. The van der Waals surface area contributed by atoms with Crippen LogP contribution in [0.5, 0.6) is 0 Å². The molecule has 0 radical (unpaired) electrons. The van der Waals surface area contributed by atoms with Crippen molar-refractivity contribution < 1.29 is 9.13 Å². The lowest BCUT2D eigenvalue weighted by Crippen LogP contribution is -2.17. The first-order valence-corrected chi connectivity index (χ1v) is 5.80. The molecule has 1 nitrogen and oxygen atoms in total. The van der Waals surface area contributed by atoms with Crippen LogP contribution in [0.4, 0.5) is 4.39 Å². The number of hydrogen-bond acceptors (Lipinski definition) is 1. The number of benzene rings is 2. The van der Waals surface area contributed by atoms with Crippen molar-refractivity contribution in [1.82, 2.24) is 0 Å². The Kier molecular flexibility index (Phi) is 2.65. The summed E-state index contributed by atoms with van der Waals surface area (Å²) < 4.78 is 18.2. The van der Waals surface area contributed by atoms with Gasteiger partial charge < -0.3 is 4.74 Å². The second-order valence-electron chi connectivity index (χ2n) is 4.28. The second-order valence-corrected chi connectivity index (χ2v) is 4.28. The maximum absolute atomic E-state index is 12.8. The molecular formula is C15H13FO. The fraction of sp³-hybridized carbons (Fsp3) is 0.200. The van der Waals surface area contributed by atoms with E-state index in [9.17, 15) is 4.39 Å². The molecule has 1 fully saturated rings. The minimum absolute atomic E-state index is 0.201. The molecule has 3 rings (SSSR count). The van der Waals surface area contributed by atoms with Gasteiger partial charge in [0.25, 0.3) is 0 Å². The summed E-state index contributed by atoms with van der Waals surface area (Å²) in [6.45, 7) is 0.865. The Morgan fingerprint density at radius 1 is 0.882 bits per heavy atom. The first kappa shape index (κ1) is 10.5. The molecule has 1 saturated heterocycles. The van der Waals surface area contributed by atoms with Crippen molar-refractivity contribution in [3.63, 3.8) is 0 Å². The fourth-order valence-electron chi connectivity index (χ4n) is 2.03. The molecule has 0 saturated carbocycles. The van der Waals surface area contributed by atoms with Crippen molar-refractivity contribution in [2.45, 2.75) is 12.5 Å². The molecular weight excluding hydrogens is 215 g/mol. The van der Waals surface area contributed by atoms with E-state index in [2.05, 4.69) is 24.3 Å². The van der Waals surface area contributed by atoms with Crippen LogP contribution in [0.15, 0.2) is 48.5 Å². The van der Waals surface area contributed by atoms with Crippen molar-refractivity contribution in [3.8, 4) is 11.1 Å². The summed E-state index contributed by atoms with van der Waals surface area (Å²) >= 11 is 0. The lowest BCUT2D eigenvalue weighted by molar-refractivity contribution is -0.0527. The van der Waals surface area contributed by atoms with E-state index in [0.29, 0.717) is 0 Å². The van der Waals surface area contributed by atoms with E-state index >= 15 is 0 Å². The highest BCUT2D eigenvalue weighted by Gasteiger charge is 2.19. The summed E-state index contributed by atoms with van der Waals surface area (Å²) in [6.07, 6.45) is 1.38. The van der Waals surface area contributed by atoms with Gasteiger partial charge in [0.2, 0.25) is 0 Å². The van der Waals surface area contributed by atoms with Crippen LogP contribution in [-0.4, -0.2) is 6.61 Å². The molecule has 2 aromatic rings. The Hall–Kier alpha value is -1.67. The summed E-state index contributed by atoms with van der Waals surface area (Å²) in [5.74, 6) is -0.201. The quantitative estimate of drug-likeness (QED) is 0.756. The molecule has 1 aliphatic heterocycles. The molecule has 1 unspecified atom stereocenters. The van der Waals surface area contributed by atoms with Gasteiger partial charge in [-0.05, 0) is 28.8 Å². The Labute approximate surface area is 99.9 Å². The second kappa shape index (κ2) is 4.30. The van der Waals surface area contributed by atoms with E-state index in [1.165, 1.54) is 17.7 Å². The predicted octanol–water partition coefficient (Wildman–Crippen LogP) is 3.95. The van der Waals surface area contributed by atoms with E-state index in [0.717, 1.165) is 24.2 Å². The van der Waals surface area contributed by atoms with Crippen LogP contribution in [0.25, 0.3) is 11.1 Å². The average molecular weight is 228 g/mol. The third-order valence-electron chi connectivity index (χ3n) is 3.16. The van der Waals surface area contributed by atoms with Crippen LogP contribution in [0.3, 0.4) is 0 Å². The number of rotatable bonds is 2. The molecule has 0 aromatic heterocycles. The molecule has 1 heterocycles. The minimum atomic E-state index is -0.201. The minimum Gasteiger partial charge on any atom is -0.373 e. The van der Waals surface area contributed by atoms with Crippen molar-refractivity contribution in [2.24, 2.45) is 0 Å². The molecule has 0 spiro atoms. The van der Waals surface area contributed by atoms with Gasteiger partial charge >= 0.3 is 0 Å². The summed E-state index contributed by atoms with van der Waals surface area (Å²) in [4.78, 5) is 0. The average Bonchev–Trinajstić information content (AvgIpc) is 2.29. The van der Waals surface area contributed by atoms with Crippen molar-refractivity contribution in [3.05, 3.63) is 59.9 Å². The zero-order chi connectivity index (χ0) is 11.7. The maximum atomic E-state index is 12.8. The summed E-state index contributed by atoms with van der Waals surface area (Å²) in [5.41, 5.74) is 3.36. The highest BCUT2D eigenvalue weighted by atomic mass is 19.1. The van der Waals surface area contributed by atoms with Gasteiger partial charge in [0.05, 0.1) is 12.7 Å². The third kappa shape index (κ3) is 2.08. The Morgan fingerprint density at radius 2 is 1.41 bits per heavy atom. The number of hydrogen-bond donors (Lipinski definition) is 0. The Bertz CT molecular complexity index is 497. The molecule has 1 atom stereocenters. The first-order valence-electron chi connectivity index (χ1n) is 5.80. The molecule has 2 aromatic carbocycles. The van der Waals surface area contributed by atoms with E-state index in [1.54, 1.807) is 12.1 Å². The summed E-state index contributed by atoms with van der Waals surface area (Å²) in [6, 6.07) is 14.9. The molecule has 86 valence electrons. The summed E-state index contributed by atoms with van der Waals surface area (Å²) in [5, 5.41) is 0. The zero-order valence-electron chi connectivity index (χ0n) is 9.40. The smallest absolute Gasteiger partial charge is 0.123 e. The molecule has 0 aliphatic carbocycles. The zero-order valence-corrected chi connectivity index (χ0v) is 9.40. The van der Waals surface area contributed by atoms with Crippen molar-refractivity contribution in [2.75, 3.05) is 6.61 Å². The van der Waals surface area contributed by atoms with E-state index in [4.69, 9.17) is 4.74 Å². The molecule has 2 heteroatoms. The summed E-state index contributed by atoms with van der Waals surface area (Å²) in [7, 11) is 0. The largest absolute Gasteiger partial charge is 0.373 e. The molecule has 17 heavy (non-hydrogen) atoms. The molecule has 0 N–H and O–H groups in total. The topological polar surface area (TPSA) is 9.23 Å². The lowest BCUT2D eigenvalue weighted by atomic mass is 9.99. The maximum Gasteiger partial charge on any atom is 0.123 e. The Morgan fingerprint density at radius 3 is 1.88 bits per heavy atom. The van der Waals surface area contributed by atoms with Crippen LogP contribution in [-0.2, 0) is 4.74 Å². The fourth-order valence-corrected chi connectivity index (χ4v) is 2.03.